The van der Waals surface area contributed by atoms with Crippen LogP contribution in [0.2, 0.25) is 0 Å². The van der Waals surface area contributed by atoms with Gasteiger partial charge in [0.1, 0.15) is 18.4 Å². The third kappa shape index (κ3) is 3.21. The number of hydrogen-bond acceptors (Lipinski definition) is 4. The molecule has 1 fully saturated rings. The molecule has 0 aromatic heterocycles. The van der Waals surface area contributed by atoms with E-state index in [0.717, 1.165) is 16.9 Å². The van der Waals surface area contributed by atoms with Crippen LogP contribution in [-0.2, 0) is 4.79 Å². The summed E-state index contributed by atoms with van der Waals surface area (Å²) < 4.78 is 5.68. The lowest BCUT2D eigenvalue weighted by Crippen LogP contribution is -2.38. The number of aliphatic carboxylic acids is 1. The number of nitrogens with one attached hydrogen (secondary N) is 2. The zero-order valence-electron chi connectivity index (χ0n) is 10.6. The van der Waals surface area contributed by atoms with Crippen molar-refractivity contribution >= 4 is 5.97 Å². The number of hydrogen-bond donors (Lipinski definition) is 3. The van der Waals surface area contributed by atoms with Crippen molar-refractivity contribution in [1.82, 2.24) is 10.9 Å². The molecule has 1 aromatic rings. The van der Waals surface area contributed by atoms with Crippen LogP contribution in [0, 0.1) is 13.8 Å². The lowest BCUT2D eigenvalue weighted by atomic mass is 10.1. The van der Waals surface area contributed by atoms with E-state index in [4.69, 9.17) is 9.84 Å². The maximum atomic E-state index is 10.8. The molecule has 0 radical (unpaired) electrons. The molecular weight excluding hydrogens is 232 g/mol. The van der Waals surface area contributed by atoms with Crippen LogP contribution in [0.25, 0.3) is 0 Å². The number of hydrazine groups is 1. The molecule has 5 nitrogen and oxygen atoms in total. The van der Waals surface area contributed by atoms with E-state index in [1.54, 1.807) is 0 Å². The van der Waals surface area contributed by atoms with Gasteiger partial charge < -0.3 is 9.84 Å². The smallest absolute Gasteiger partial charge is 0.322 e. The Kier molecular flexibility index (Phi) is 3.84. The van der Waals surface area contributed by atoms with Gasteiger partial charge in [-0.05, 0) is 43.5 Å². The Morgan fingerprint density at radius 2 is 2.00 bits per heavy atom. The molecule has 1 saturated heterocycles. The van der Waals surface area contributed by atoms with Crippen LogP contribution >= 0.6 is 0 Å². The number of carboxylic acids is 1. The Hall–Kier alpha value is -1.59. The molecule has 2 atom stereocenters. The van der Waals surface area contributed by atoms with Gasteiger partial charge in [-0.25, -0.2) is 5.43 Å². The molecule has 2 rings (SSSR count). The summed E-state index contributed by atoms with van der Waals surface area (Å²) in [5.74, 6) is -0.00975. The Balaban J connectivity index is 1.87. The SMILES string of the molecule is Cc1cc(C)cc(OCC2CC(C(=O)O)NN2)c1. The van der Waals surface area contributed by atoms with Gasteiger partial charge in [0, 0.05) is 0 Å². The molecule has 0 aliphatic carbocycles. The molecule has 18 heavy (non-hydrogen) atoms. The quantitative estimate of drug-likeness (QED) is 0.743. The van der Waals surface area contributed by atoms with Crippen molar-refractivity contribution < 1.29 is 14.6 Å². The van der Waals surface area contributed by atoms with Gasteiger partial charge in [0.25, 0.3) is 0 Å². The Morgan fingerprint density at radius 3 is 2.56 bits per heavy atom. The van der Waals surface area contributed by atoms with E-state index in [0.29, 0.717) is 13.0 Å². The molecule has 0 saturated carbocycles. The lowest BCUT2D eigenvalue weighted by molar-refractivity contribution is -0.139. The molecule has 0 amide bonds. The first-order chi connectivity index (χ1) is 8.54. The number of carboxylic acid groups (broad SMARTS) is 1. The highest BCUT2D eigenvalue weighted by Gasteiger charge is 2.29. The fourth-order valence-corrected chi connectivity index (χ4v) is 2.11. The van der Waals surface area contributed by atoms with Gasteiger partial charge in [0.05, 0.1) is 6.04 Å². The van der Waals surface area contributed by atoms with E-state index in [1.807, 2.05) is 26.0 Å². The minimum Gasteiger partial charge on any atom is -0.492 e. The predicted octanol–water partition coefficient (Wildman–Crippen LogP) is 1.00. The molecule has 2 unspecified atom stereocenters. The average molecular weight is 250 g/mol. The monoisotopic (exact) mass is 250 g/mol. The molecular formula is C13H18N2O3. The highest BCUT2D eigenvalue weighted by molar-refractivity contribution is 5.73. The summed E-state index contributed by atoms with van der Waals surface area (Å²) in [5.41, 5.74) is 7.98. The standard InChI is InChI=1S/C13H18N2O3/c1-8-3-9(2)5-11(4-8)18-7-10-6-12(13(16)17)15-14-10/h3-5,10,12,14-15H,6-7H2,1-2H3,(H,16,17). The number of rotatable bonds is 4. The second-order valence-electron chi connectivity index (χ2n) is 4.75. The summed E-state index contributed by atoms with van der Waals surface area (Å²) >= 11 is 0. The number of aryl methyl sites for hydroxylation is 2. The van der Waals surface area contributed by atoms with E-state index in [2.05, 4.69) is 16.9 Å². The molecule has 0 spiro atoms. The van der Waals surface area contributed by atoms with Crippen LogP contribution in [-0.4, -0.2) is 29.8 Å². The summed E-state index contributed by atoms with van der Waals surface area (Å²) in [6, 6.07) is 5.53. The largest absolute Gasteiger partial charge is 0.492 e. The zero-order chi connectivity index (χ0) is 13.1. The molecule has 3 N–H and O–H groups in total. The molecule has 98 valence electrons. The number of carbonyl (C=O) groups is 1. The first kappa shape index (κ1) is 12.9. The van der Waals surface area contributed by atoms with Crippen molar-refractivity contribution in [3.05, 3.63) is 29.3 Å². The van der Waals surface area contributed by atoms with Crippen LogP contribution in [0.1, 0.15) is 17.5 Å². The first-order valence-electron chi connectivity index (χ1n) is 5.99. The summed E-state index contributed by atoms with van der Waals surface area (Å²) in [7, 11) is 0. The van der Waals surface area contributed by atoms with E-state index in [1.165, 1.54) is 0 Å². The minimum absolute atomic E-state index is 0.0203. The summed E-state index contributed by atoms with van der Waals surface area (Å²) in [4.78, 5) is 10.8. The van der Waals surface area contributed by atoms with Gasteiger partial charge in [-0.3, -0.25) is 10.2 Å². The maximum Gasteiger partial charge on any atom is 0.322 e. The van der Waals surface area contributed by atoms with Crippen molar-refractivity contribution in [2.45, 2.75) is 32.4 Å². The first-order valence-corrected chi connectivity index (χ1v) is 5.99. The van der Waals surface area contributed by atoms with E-state index >= 15 is 0 Å². The third-order valence-electron chi connectivity index (χ3n) is 2.93. The molecule has 5 heteroatoms. The van der Waals surface area contributed by atoms with Gasteiger partial charge in [-0.15, -0.1) is 0 Å². The maximum absolute atomic E-state index is 10.8. The zero-order valence-corrected chi connectivity index (χ0v) is 10.6. The average Bonchev–Trinajstić information content (AvgIpc) is 2.73. The number of ether oxygens (including phenoxy) is 1. The van der Waals surface area contributed by atoms with Gasteiger partial charge in [0.2, 0.25) is 0 Å². The molecule has 1 heterocycles. The Labute approximate surface area is 106 Å². The fraction of sp³-hybridized carbons (Fsp3) is 0.462. The van der Waals surface area contributed by atoms with Crippen molar-refractivity contribution in [3.63, 3.8) is 0 Å². The second kappa shape index (κ2) is 5.37. The van der Waals surface area contributed by atoms with E-state index < -0.39 is 12.0 Å². The predicted molar refractivity (Wildman–Crippen MR) is 67.5 cm³/mol. The summed E-state index contributed by atoms with van der Waals surface area (Å²) in [6.45, 7) is 4.51. The van der Waals surface area contributed by atoms with Crippen molar-refractivity contribution in [2.75, 3.05) is 6.61 Å². The van der Waals surface area contributed by atoms with Gasteiger partial charge >= 0.3 is 5.97 Å². The van der Waals surface area contributed by atoms with Crippen molar-refractivity contribution in [1.29, 1.82) is 0 Å². The molecule has 0 bridgehead atoms. The third-order valence-corrected chi connectivity index (χ3v) is 2.93. The van der Waals surface area contributed by atoms with Crippen LogP contribution in [0.5, 0.6) is 5.75 Å². The Morgan fingerprint density at radius 1 is 1.33 bits per heavy atom. The normalized spacial score (nSPS) is 23.0. The highest BCUT2D eigenvalue weighted by atomic mass is 16.5. The number of benzene rings is 1. The van der Waals surface area contributed by atoms with Crippen LogP contribution in [0.3, 0.4) is 0 Å². The molecule has 1 aliphatic heterocycles. The van der Waals surface area contributed by atoms with Crippen LogP contribution in [0.15, 0.2) is 18.2 Å². The Bertz CT molecular complexity index is 428. The van der Waals surface area contributed by atoms with Gasteiger partial charge in [-0.1, -0.05) is 6.07 Å². The van der Waals surface area contributed by atoms with Crippen molar-refractivity contribution in [3.8, 4) is 5.75 Å². The topological polar surface area (TPSA) is 70.6 Å². The molecule has 1 aliphatic rings. The fourth-order valence-electron chi connectivity index (χ4n) is 2.11. The van der Waals surface area contributed by atoms with E-state index in [-0.39, 0.29) is 6.04 Å². The highest BCUT2D eigenvalue weighted by Crippen LogP contribution is 2.17. The van der Waals surface area contributed by atoms with Crippen molar-refractivity contribution in [2.24, 2.45) is 0 Å². The van der Waals surface area contributed by atoms with E-state index in [9.17, 15) is 4.79 Å². The van der Waals surface area contributed by atoms with Gasteiger partial charge in [-0.2, -0.15) is 0 Å². The second-order valence-corrected chi connectivity index (χ2v) is 4.75. The van der Waals surface area contributed by atoms with Crippen LogP contribution in [0.4, 0.5) is 0 Å². The minimum atomic E-state index is -0.837. The van der Waals surface area contributed by atoms with Crippen LogP contribution < -0.4 is 15.6 Å². The summed E-state index contributed by atoms with van der Waals surface area (Å²) in [5, 5.41) is 8.85. The van der Waals surface area contributed by atoms with Gasteiger partial charge in [0.15, 0.2) is 0 Å². The molecule has 1 aromatic carbocycles. The lowest BCUT2D eigenvalue weighted by Gasteiger charge is -2.12. The summed E-state index contributed by atoms with van der Waals surface area (Å²) in [6.07, 6.45) is 0.528.